The van der Waals surface area contributed by atoms with Crippen LogP contribution < -0.4 is 5.32 Å². The topological polar surface area (TPSA) is 29.1 Å². The van der Waals surface area contributed by atoms with E-state index in [-0.39, 0.29) is 5.41 Å². The standard InChI is InChI=1S/C15H25NO/c1-9(2)13-11-4-10-5-12(13)8-15(6-10,7-11)14(17)16-3/h9-13H,4-8H2,1-3H3,(H,16,17)/t10?,11?,12?,13-,15-. The number of nitrogens with one attached hydrogen (secondary N) is 1. The zero-order valence-corrected chi connectivity index (χ0v) is 11.3. The van der Waals surface area contributed by atoms with Crippen LogP contribution >= 0.6 is 0 Å². The van der Waals surface area contributed by atoms with Crippen LogP contribution in [0.2, 0.25) is 0 Å². The first kappa shape index (κ1) is 11.6. The molecule has 2 nitrogen and oxygen atoms in total. The average molecular weight is 235 g/mol. The smallest absolute Gasteiger partial charge is 0.225 e. The van der Waals surface area contributed by atoms with E-state index in [0.29, 0.717) is 5.91 Å². The van der Waals surface area contributed by atoms with E-state index in [0.717, 1.165) is 29.6 Å². The number of hydrogen-bond acceptors (Lipinski definition) is 1. The Bertz CT molecular complexity index is 320. The van der Waals surface area contributed by atoms with Gasteiger partial charge in [0.25, 0.3) is 0 Å². The number of hydrogen-bond donors (Lipinski definition) is 1. The SMILES string of the molecule is CNC(=O)[C@]12CC3CC(C1)[C@@H](C(C)C)C(C3)C2. The summed E-state index contributed by atoms with van der Waals surface area (Å²) < 4.78 is 0. The second kappa shape index (κ2) is 3.73. The summed E-state index contributed by atoms with van der Waals surface area (Å²) in [6, 6.07) is 0. The van der Waals surface area contributed by atoms with Crippen LogP contribution in [0.5, 0.6) is 0 Å². The first-order valence-corrected chi connectivity index (χ1v) is 7.28. The van der Waals surface area contributed by atoms with E-state index in [1.807, 2.05) is 0 Å². The highest BCUT2D eigenvalue weighted by Crippen LogP contribution is 2.63. The Morgan fingerprint density at radius 2 is 1.76 bits per heavy atom. The predicted octanol–water partition coefficient (Wildman–Crippen LogP) is 2.83. The van der Waals surface area contributed by atoms with Crippen LogP contribution in [0.25, 0.3) is 0 Å². The average Bonchev–Trinajstić information content (AvgIpc) is 2.25. The fourth-order valence-corrected chi connectivity index (χ4v) is 5.70. The van der Waals surface area contributed by atoms with Gasteiger partial charge in [-0.1, -0.05) is 13.8 Å². The minimum absolute atomic E-state index is 0.0244. The highest BCUT2D eigenvalue weighted by atomic mass is 16.2. The predicted molar refractivity (Wildman–Crippen MR) is 68.4 cm³/mol. The molecule has 4 fully saturated rings. The highest BCUT2D eigenvalue weighted by molar-refractivity contribution is 5.82. The first-order valence-electron chi connectivity index (χ1n) is 7.28. The lowest BCUT2D eigenvalue weighted by Gasteiger charge is -2.60. The molecule has 0 heterocycles. The Morgan fingerprint density at radius 1 is 1.18 bits per heavy atom. The third-order valence-electron chi connectivity index (χ3n) is 5.82. The lowest BCUT2D eigenvalue weighted by molar-refractivity contribution is -0.155. The van der Waals surface area contributed by atoms with Crippen molar-refractivity contribution in [1.29, 1.82) is 0 Å². The molecule has 0 saturated heterocycles. The molecule has 4 bridgehead atoms. The zero-order chi connectivity index (χ0) is 12.2. The monoisotopic (exact) mass is 235 g/mol. The van der Waals surface area contributed by atoms with E-state index in [4.69, 9.17) is 0 Å². The second-order valence-corrected chi connectivity index (χ2v) is 7.15. The number of carbonyl (C=O) groups is 1. The summed E-state index contributed by atoms with van der Waals surface area (Å²) in [5, 5.41) is 2.93. The van der Waals surface area contributed by atoms with Crippen molar-refractivity contribution in [1.82, 2.24) is 5.32 Å². The summed E-state index contributed by atoms with van der Waals surface area (Å²) in [6.07, 6.45) is 6.31. The van der Waals surface area contributed by atoms with Crippen LogP contribution in [-0.2, 0) is 4.79 Å². The van der Waals surface area contributed by atoms with Crippen molar-refractivity contribution >= 4 is 5.91 Å². The summed E-state index contributed by atoms with van der Waals surface area (Å²) >= 11 is 0. The van der Waals surface area contributed by atoms with Crippen LogP contribution in [0.3, 0.4) is 0 Å². The summed E-state index contributed by atoms with van der Waals surface area (Å²) in [5.74, 6) is 4.53. The quantitative estimate of drug-likeness (QED) is 0.783. The summed E-state index contributed by atoms with van der Waals surface area (Å²) in [7, 11) is 1.81. The van der Waals surface area contributed by atoms with Gasteiger partial charge in [0, 0.05) is 12.5 Å². The Balaban J connectivity index is 1.89. The fraction of sp³-hybridized carbons (Fsp3) is 0.933. The molecule has 4 aliphatic carbocycles. The minimum atomic E-state index is 0.0244. The van der Waals surface area contributed by atoms with Gasteiger partial charge in [0.15, 0.2) is 0 Å². The van der Waals surface area contributed by atoms with Gasteiger partial charge in [0.2, 0.25) is 5.91 Å². The van der Waals surface area contributed by atoms with Gasteiger partial charge in [-0.05, 0) is 61.7 Å². The molecule has 0 aromatic carbocycles. The molecule has 0 radical (unpaired) electrons. The van der Waals surface area contributed by atoms with Crippen LogP contribution in [0.15, 0.2) is 0 Å². The molecular weight excluding hydrogens is 210 g/mol. The molecule has 0 aromatic heterocycles. The van der Waals surface area contributed by atoms with Gasteiger partial charge in [-0.15, -0.1) is 0 Å². The van der Waals surface area contributed by atoms with Crippen LogP contribution in [0, 0.1) is 35.0 Å². The third kappa shape index (κ3) is 1.56. The molecule has 1 amide bonds. The molecule has 17 heavy (non-hydrogen) atoms. The molecule has 1 N–H and O–H groups in total. The number of amides is 1. The maximum Gasteiger partial charge on any atom is 0.225 e. The molecule has 2 unspecified atom stereocenters. The van der Waals surface area contributed by atoms with E-state index < -0.39 is 0 Å². The zero-order valence-electron chi connectivity index (χ0n) is 11.3. The van der Waals surface area contributed by atoms with Gasteiger partial charge in [-0.2, -0.15) is 0 Å². The maximum atomic E-state index is 12.2. The van der Waals surface area contributed by atoms with Crippen LogP contribution in [0.1, 0.15) is 46.0 Å². The molecule has 0 aromatic rings. The van der Waals surface area contributed by atoms with Crippen molar-refractivity contribution in [2.75, 3.05) is 7.05 Å². The summed E-state index contributed by atoms with van der Waals surface area (Å²) in [4.78, 5) is 12.2. The molecule has 2 atom stereocenters. The maximum absolute atomic E-state index is 12.2. The van der Waals surface area contributed by atoms with Crippen molar-refractivity contribution in [2.24, 2.45) is 35.0 Å². The fourth-order valence-electron chi connectivity index (χ4n) is 5.70. The molecule has 0 aliphatic heterocycles. The minimum Gasteiger partial charge on any atom is -0.359 e. The van der Waals surface area contributed by atoms with Gasteiger partial charge in [0.1, 0.15) is 0 Å². The van der Waals surface area contributed by atoms with Crippen LogP contribution in [0.4, 0.5) is 0 Å². The van der Waals surface area contributed by atoms with Crippen molar-refractivity contribution in [3.8, 4) is 0 Å². The van der Waals surface area contributed by atoms with Crippen molar-refractivity contribution in [3.05, 3.63) is 0 Å². The van der Waals surface area contributed by atoms with E-state index >= 15 is 0 Å². The van der Waals surface area contributed by atoms with Gasteiger partial charge in [-0.3, -0.25) is 4.79 Å². The van der Waals surface area contributed by atoms with Crippen molar-refractivity contribution in [3.63, 3.8) is 0 Å². The Labute approximate surface area is 105 Å². The Kier molecular flexibility index (Phi) is 2.53. The Morgan fingerprint density at radius 3 is 2.24 bits per heavy atom. The molecule has 0 spiro atoms. The molecule has 96 valence electrons. The van der Waals surface area contributed by atoms with Gasteiger partial charge in [0.05, 0.1) is 0 Å². The largest absolute Gasteiger partial charge is 0.359 e. The molecule has 4 aliphatic rings. The van der Waals surface area contributed by atoms with Crippen molar-refractivity contribution in [2.45, 2.75) is 46.0 Å². The second-order valence-electron chi connectivity index (χ2n) is 7.15. The molecular formula is C15H25NO. The highest BCUT2D eigenvalue weighted by Gasteiger charge is 2.58. The number of rotatable bonds is 2. The normalized spacial score (nSPS) is 47.5. The van der Waals surface area contributed by atoms with E-state index in [2.05, 4.69) is 19.2 Å². The van der Waals surface area contributed by atoms with Crippen molar-refractivity contribution < 1.29 is 4.79 Å². The molecule has 4 rings (SSSR count). The third-order valence-corrected chi connectivity index (χ3v) is 5.82. The van der Waals surface area contributed by atoms with Gasteiger partial charge < -0.3 is 5.32 Å². The summed E-state index contributed by atoms with van der Waals surface area (Å²) in [6.45, 7) is 4.75. The number of carbonyl (C=O) groups excluding carboxylic acids is 1. The van der Waals surface area contributed by atoms with E-state index in [1.54, 1.807) is 7.05 Å². The first-order chi connectivity index (χ1) is 8.05. The van der Waals surface area contributed by atoms with Gasteiger partial charge >= 0.3 is 0 Å². The lowest BCUT2D eigenvalue weighted by atomic mass is 9.44. The Hall–Kier alpha value is -0.530. The lowest BCUT2D eigenvalue weighted by Crippen LogP contribution is -2.57. The molecule has 2 heteroatoms. The van der Waals surface area contributed by atoms with Crippen LogP contribution in [-0.4, -0.2) is 13.0 Å². The van der Waals surface area contributed by atoms with E-state index in [9.17, 15) is 4.79 Å². The van der Waals surface area contributed by atoms with Gasteiger partial charge in [-0.25, -0.2) is 0 Å². The van der Waals surface area contributed by atoms with E-state index in [1.165, 1.54) is 32.1 Å². The summed E-state index contributed by atoms with van der Waals surface area (Å²) in [5.41, 5.74) is 0.0244. The molecule has 4 saturated carbocycles.